The predicted octanol–water partition coefficient (Wildman–Crippen LogP) is 4.76. The quantitative estimate of drug-likeness (QED) is 0.727. The maximum absolute atomic E-state index is 12.7. The van der Waals surface area contributed by atoms with Gasteiger partial charge >= 0.3 is 6.18 Å². The van der Waals surface area contributed by atoms with E-state index >= 15 is 0 Å². The number of carbonyl (C=O) groups is 1. The van der Waals surface area contributed by atoms with Gasteiger partial charge in [-0.1, -0.05) is 12.1 Å². The van der Waals surface area contributed by atoms with E-state index in [1.54, 1.807) is 24.5 Å². The Kier molecular flexibility index (Phi) is 4.85. The molecule has 2 aromatic heterocycles. The third kappa shape index (κ3) is 4.24. The van der Waals surface area contributed by atoms with Crippen molar-refractivity contribution >= 4 is 17.2 Å². The van der Waals surface area contributed by atoms with Crippen molar-refractivity contribution in [3.05, 3.63) is 76.9 Å². The minimum Gasteiger partial charge on any atom is -0.347 e. The van der Waals surface area contributed by atoms with Crippen molar-refractivity contribution in [1.82, 2.24) is 10.3 Å². The van der Waals surface area contributed by atoms with Crippen LogP contribution in [0.3, 0.4) is 0 Å². The number of carbonyl (C=O) groups excluding carboxylic acids is 1. The summed E-state index contributed by atoms with van der Waals surface area (Å²) in [6.07, 6.45) is -1.06. The first-order chi connectivity index (χ1) is 11.9. The van der Waals surface area contributed by atoms with Gasteiger partial charge in [0.15, 0.2) is 0 Å². The van der Waals surface area contributed by atoms with Gasteiger partial charge in [-0.25, -0.2) is 0 Å². The topological polar surface area (TPSA) is 42.0 Å². The molecule has 1 N–H and O–H groups in total. The molecule has 1 amide bonds. The third-order valence-corrected chi connectivity index (χ3v) is 4.64. The summed E-state index contributed by atoms with van der Waals surface area (Å²) in [5.41, 5.74) is 0.626. The fraction of sp³-hybridized carbons (Fsp3) is 0.111. The smallest absolute Gasteiger partial charge is 0.347 e. The highest BCUT2D eigenvalue weighted by Gasteiger charge is 2.30. The van der Waals surface area contributed by atoms with Gasteiger partial charge in [0.2, 0.25) is 0 Å². The Morgan fingerprint density at radius 1 is 1.08 bits per heavy atom. The molecule has 2 heterocycles. The van der Waals surface area contributed by atoms with Crippen molar-refractivity contribution in [3.63, 3.8) is 0 Å². The van der Waals surface area contributed by atoms with Gasteiger partial charge in [0, 0.05) is 23.8 Å². The summed E-state index contributed by atoms with van der Waals surface area (Å²) in [6, 6.07) is 12.1. The molecule has 1 aromatic carbocycles. The van der Waals surface area contributed by atoms with Crippen molar-refractivity contribution in [2.75, 3.05) is 0 Å². The SMILES string of the molecule is O=C(NCc1cccc(C(F)(F)F)c1)c1ccc(-c2ccncc2)s1. The third-order valence-electron chi connectivity index (χ3n) is 3.50. The summed E-state index contributed by atoms with van der Waals surface area (Å²) in [6.45, 7) is 0.0330. The number of rotatable bonds is 4. The molecule has 7 heteroatoms. The van der Waals surface area contributed by atoms with Gasteiger partial charge in [0.05, 0.1) is 10.4 Å². The number of halogens is 3. The summed E-state index contributed by atoms with van der Waals surface area (Å²) in [5, 5.41) is 2.65. The molecule has 128 valence electrons. The van der Waals surface area contributed by atoms with Gasteiger partial charge in [-0.15, -0.1) is 11.3 Å². The van der Waals surface area contributed by atoms with Crippen molar-refractivity contribution < 1.29 is 18.0 Å². The Morgan fingerprint density at radius 3 is 2.56 bits per heavy atom. The molecule has 3 nitrogen and oxygen atoms in total. The molecule has 0 saturated heterocycles. The standard InChI is InChI=1S/C18H13F3N2OS/c19-18(20,21)14-3-1-2-12(10-14)11-23-17(24)16-5-4-15(25-16)13-6-8-22-9-7-13/h1-10H,11H2,(H,23,24). The van der Waals surface area contributed by atoms with E-state index in [1.165, 1.54) is 17.4 Å². The van der Waals surface area contributed by atoms with Crippen LogP contribution in [0.5, 0.6) is 0 Å². The molecule has 0 aliphatic heterocycles. The fourth-order valence-electron chi connectivity index (χ4n) is 2.26. The van der Waals surface area contributed by atoms with E-state index in [4.69, 9.17) is 0 Å². The number of nitrogens with zero attached hydrogens (tertiary/aromatic N) is 1. The minimum absolute atomic E-state index is 0.0330. The van der Waals surface area contributed by atoms with E-state index in [0.29, 0.717) is 10.4 Å². The molecule has 0 spiro atoms. The summed E-state index contributed by atoms with van der Waals surface area (Å²) in [4.78, 5) is 17.6. The number of alkyl halides is 3. The molecule has 0 atom stereocenters. The van der Waals surface area contributed by atoms with Crippen LogP contribution in [0.15, 0.2) is 60.9 Å². The number of hydrogen-bond acceptors (Lipinski definition) is 3. The second-order valence-electron chi connectivity index (χ2n) is 5.28. The Labute approximate surface area is 146 Å². The maximum atomic E-state index is 12.7. The molecule has 0 aliphatic rings. The Balaban J connectivity index is 1.67. The largest absolute Gasteiger partial charge is 0.416 e. The van der Waals surface area contributed by atoms with Crippen LogP contribution in [0.2, 0.25) is 0 Å². The van der Waals surface area contributed by atoms with Gasteiger partial charge in [0.1, 0.15) is 0 Å². The molecule has 0 aliphatic carbocycles. The number of amides is 1. The lowest BCUT2D eigenvalue weighted by Gasteiger charge is -2.09. The highest BCUT2D eigenvalue weighted by Crippen LogP contribution is 2.30. The Bertz CT molecular complexity index is 875. The molecule has 25 heavy (non-hydrogen) atoms. The van der Waals surface area contributed by atoms with Crippen molar-refractivity contribution in [1.29, 1.82) is 0 Å². The number of aromatic nitrogens is 1. The average Bonchev–Trinajstić information content (AvgIpc) is 3.10. The lowest BCUT2D eigenvalue weighted by molar-refractivity contribution is -0.137. The van der Waals surface area contributed by atoms with Crippen LogP contribution >= 0.6 is 11.3 Å². The number of hydrogen-bond donors (Lipinski definition) is 1. The molecular weight excluding hydrogens is 349 g/mol. The summed E-state index contributed by atoms with van der Waals surface area (Å²) < 4.78 is 38.1. The molecular formula is C18H13F3N2OS. The summed E-state index contributed by atoms with van der Waals surface area (Å²) >= 11 is 1.32. The molecule has 0 radical (unpaired) electrons. The Morgan fingerprint density at radius 2 is 1.84 bits per heavy atom. The molecule has 0 saturated carbocycles. The first kappa shape index (κ1) is 17.2. The zero-order valence-corrected chi connectivity index (χ0v) is 13.7. The first-order valence-electron chi connectivity index (χ1n) is 7.38. The lowest BCUT2D eigenvalue weighted by Crippen LogP contribution is -2.22. The van der Waals surface area contributed by atoms with Crippen molar-refractivity contribution in [2.45, 2.75) is 12.7 Å². The fourth-order valence-corrected chi connectivity index (χ4v) is 3.19. The lowest BCUT2D eigenvalue weighted by atomic mass is 10.1. The second kappa shape index (κ2) is 7.06. The average molecular weight is 362 g/mol. The van der Waals surface area contributed by atoms with Crippen LogP contribution < -0.4 is 5.32 Å². The van der Waals surface area contributed by atoms with Crippen LogP contribution in [0, 0.1) is 0 Å². The van der Waals surface area contributed by atoms with Crippen LogP contribution in [-0.2, 0) is 12.7 Å². The van der Waals surface area contributed by atoms with E-state index in [-0.39, 0.29) is 12.5 Å². The number of thiophene rings is 1. The van der Waals surface area contributed by atoms with Gasteiger partial charge < -0.3 is 5.32 Å². The number of nitrogens with one attached hydrogen (secondary N) is 1. The molecule has 3 rings (SSSR count). The number of benzene rings is 1. The van der Waals surface area contributed by atoms with Crippen molar-refractivity contribution in [2.24, 2.45) is 0 Å². The van der Waals surface area contributed by atoms with Crippen LogP contribution in [-0.4, -0.2) is 10.9 Å². The van der Waals surface area contributed by atoms with Gasteiger partial charge in [-0.05, 0) is 47.5 Å². The molecule has 0 fully saturated rings. The zero-order valence-electron chi connectivity index (χ0n) is 12.9. The van der Waals surface area contributed by atoms with Crippen LogP contribution in [0.25, 0.3) is 10.4 Å². The molecule has 3 aromatic rings. The second-order valence-corrected chi connectivity index (χ2v) is 6.36. The maximum Gasteiger partial charge on any atom is 0.416 e. The van der Waals surface area contributed by atoms with E-state index in [0.717, 1.165) is 22.6 Å². The number of pyridine rings is 1. The highest BCUT2D eigenvalue weighted by molar-refractivity contribution is 7.17. The van der Waals surface area contributed by atoms with Gasteiger partial charge in [-0.2, -0.15) is 13.2 Å². The van der Waals surface area contributed by atoms with E-state index in [1.807, 2.05) is 18.2 Å². The van der Waals surface area contributed by atoms with Gasteiger partial charge in [-0.3, -0.25) is 9.78 Å². The predicted molar refractivity (Wildman–Crippen MR) is 90.2 cm³/mol. The van der Waals surface area contributed by atoms with E-state index in [9.17, 15) is 18.0 Å². The zero-order chi connectivity index (χ0) is 17.9. The normalized spacial score (nSPS) is 11.3. The Hall–Kier alpha value is -2.67. The van der Waals surface area contributed by atoms with Gasteiger partial charge in [0.25, 0.3) is 5.91 Å². The van der Waals surface area contributed by atoms with E-state index < -0.39 is 11.7 Å². The van der Waals surface area contributed by atoms with Crippen LogP contribution in [0.4, 0.5) is 13.2 Å². The highest BCUT2D eigenvalue weighted by atomic mass is 32.1. The van der Waals surface area contributed by atoms with E-state index in [2.05, 4.69) is 10.3 Å². The van der Waals surface area contributed by atoms with Crippen LogP contribution in [0.1, 0.15) is 20.8 Å². The summed E-state index contributed by atoms with van der Waals surface area (Å²) in [7, 11) is 0. The van der Waals surface area contributed by atoms with Crippen molar-refractivity contribution in [3.8, 4) is 10.4 Å². The first-order valence-corrected chi connectivity index (χ1v) is 8.20. The molecule has 0 unspecified atom stereocenters. The minimum atomic E-state index is -4.40. The monoisotopic (exact) mass is 362 g/mol. The molecule has 0 bridgehead atoms. The summed E-state index contributed by atoms with van der Waals surface area (Å²) in [5.74, 6) is -0.317.